The number of likely N-dealkylation sites (tertiary alicyclic amines) is 1. The molecule has 1 aliphatic carbocycles. The molecule has 0 bridgehead atoms. The van der Waals surface area contributed by atoms with Gasteiger partial charge in [0.15, 0.2) is 11.5 Å². The molecule has 0 atom stereocenters. The first-order chi connectivity index (χ1) is 17.9. The van der Waals surface area contributed by atoms with Crippen LogP contribution in [0.4, 0.5) is 5.82 Å². The van der Waals surface area contributed by atoms with Crippen molar-refractivity contribution in [2.45, 2.75) is 84.0 Å². The van der Waals surface area contributed by atoms with E-state index in [1.807, 2.05) is 44.0 Å². The lowest BCUT2D eigenvalue weighted by molar-refractivity contribution is -0.278. The van der Waals surface area contributed by atoms with Gasteiger partial charge in [-0.3, -0.25) is 9.69 Å². The van der Waals surface area contributed by atoms with Gasteiger partial charge >= 0.3 is 0 Å². The summed E-state index contributed by atoms with van der Waals surface area (Å²) in [5, 5.41) is 0. The van der Waals surface area contributed by atoms with Crippen LogP contribution in [-0.2, 0) is 9.47 Å². The zero-order chi connectivity index (χ0) is 25.9. The number of carbonyl (C=O) groups is 1. The Hall–Kier alpha value is -2.22. The molecular weight excluding hydrogens is 466 g/mol. The zero-order valence-electron chi connectivity index (χ0n) is 22.8. The third kappa shape index (κ3) is 6.10. The van der Waals surface area contributed by atoms with Crippen molar-refractivity contribution in [3.8, 4) is 0 Å². The molecule has 37 heavy (non-hydrogen) atoms. The predicted octanol–water partition coefficient (Wildman–Crippen LogP) is 5.83. The van der Waals surface area contributed by atoms with Gasteiger partial charge in [0, 0.05) is 31.2 Å². The second-order valence-electron chi connectivity index (χ2n) is 11.8. The van der Waals surface area contributed by atoms with Crippen molar-refractivity contribution in [3.63, 3.8) is 0 Å². The van der Waals surface area contributed by atoms with Crippen molar-refractivity contribution in [3.05, 3.63) is 48.0 Å². The Morgan fingerprint density at radius 1 is 1.08 bits per heavy atom. The van der Waals surface area contributed by atoms with E-state index in [1.165, 1.54) is 38.5 Å². The van der Waals surface area contributed by atoms with Crippen LogP contribution in [-0.4, -0.2) is 60.5 Å². The minimum absolute atomic E-state index is 0.107. The molecule has 1 saturated carbocycles. The van der Waals surface area contributed by atoms with Gasteiger partial charge in [-0.2, -0.15) is 0 Å². The molecule has 1 amide bonds. The first-order valence-electron chi connectivity index (χ1n) is 14.2. The smallest absolute Gasteiger partial charge is 0.295 e. The van der Waals surface area contributed by atoms with E-state index in [-0.39, 0.29) is 11.9 Å². The molecule has 2 aromatic rings. The summed E-state index contributed by atoms with van der Waals surface area (Å²) in [6, 6.07) is 7.58. The van der Waals surface area contributed by atoms with Gasteiger partial charge in [-0.15, -0.1) is 0 Å². The van der Waals surface area contributed by atoms with Crippen molar-refractivity contribution < 1.29 is 18.7 Å². The Kier molecular flexibility index (Phi) is 8.03. The summed E-state index contributed by atoms with van der Waals surface area (Å²) in [5.41, 5.74) is 1.40. The number of furan rings is 1. The van der Waals surface area contributed by atoms with E-state index in [4.69, 9.17) is 13.9 Å². The summed E-state index contributed by atoms with van der Waals surface area (Å²) in [6.45, 7) is 10.7. The average Bonchev–Trinajstić information content (AvgIpc) is 3.45. The molecule has 3 aliphatic rings. The molecule has 7 nitrogen and oxygen atoms in total. The molecule has 0 unspecified atom stereocenters. The number of anilines is 1. The summed E-state index contributed by atoms with van der Waals surface area (Å²) in [5.74, 6) is 0.976. The van der Waals surface area contributed by atoms with E-state index < -0.39 is 5.79 Å². The summed E-state index contributed by atoms with van der Waals surface area (Å²) >= 11 is 0. The first-order valence-corrected chi connectivity index (χ1v) is 14.2. The molecule has 0 N–H and O–H groups in total. The van der Waals surface area contributed by atoms with E-state index in [0.717, 1.165) is 51.3 Å². The Bertz CT molecular complexity index is 996. The van der Waals surface area contributed by atoms with Gasteiger partial charge in [-0.05, 0) is 88.6 Å². The SMILES string of the molecule is Cc1ccc(N(C(=O)c2ccco2)C2CCN(CCC3(C4COC(C)(C)OC4)CCCCC3)CC2)nc1. The van der Waals surface area contributed by atoms with Crippen LogP contribution in [0.15, 0.2) is 41.1 Å². The summed E-state index contributed by atoms with van der Waals surface area (Å²) in [4.78, 5) is 22.5. The Morgan fingerprint density at radius 3 is 2.43 bits per heavy atom. The molecule has 2 aliphatic heterocycles. The van der Waals surface area contributed by atoms with Gasteiger partial charge in [-0.1, -0.05) is 25.3 Å². The molecule has 0 aromatic carbocycles. The van der Waals surface area contributed by atoms with Crippen LogP contribution in [0, 0.1) is 18.3 Å². The molecule has 2 aromatic heterocycles. The number of amides is 1. The number of hydrogen-bond acceptors (Lipinski definition) is 6. The van der Waals surface area contributed by atoms with Gasteiger partial charge in [0.05, 0.1) is 19.5 Å². The summed E-state index contributed by atoms with van der Waals surface area (Å²) in [6.07, 6.45) is 13.0. The molecule has 2 saturated heterocycles. The molecular formula is C30H43N3O4. The summed E-state index contributed by atoms with van der Waals surface area (Å²) < 4.78 is 17.7. The fourth-order valence-corrected chi connectivity index (χ4v) is 6.52. The number of nitrogens with zero attached hydrogens (tertiary/aromatic N) is 3. The van der Waals surface area contributed by atoms with Crippen LogP contribution in [0.25, 0.3) is 0 Å². The van der Waals surface area contributed by atoms with Crippen molar-refractivity contribution in [2.75, 3.05) is 37.7 Å². The fraction of sp³-hybridized carbons (Fsp3) is 0.667. The maximum absolute atomic E-state index is 13.4. The van der Waals surface area contributed by atoms with Gasteiger partial charge in [0.25, 0.3) is 5.91 Å². The van der Waals surface area contributed by atoms with Crippen LogP contribution in [0.5, 0.6) is 0 Å². The van der Waals surface area contributed by atoms with Crippen molar-refractivity contribution in [1.29, 1.82) is 0 Å². The molecule has 202 valence electrons. The van der Waals surface area contributed by atoms with E-state index in [2.05, 4.69) is 9.88 Å². The Morgan fingerprint density at radius 2 is 1.81 bits per heavy atom. The van der Waals surface area contributed by atoms with E-state index in [1.54, 1.807) is 18.4 Å². The second-order valence-corrected chi connectivity index (χ2v) is 11.8. The summed E-state index contributed by atoms with van der Waals surface area (Å²) in [7, 11) is 0. The van der Waals surface area contributed by atoms with E-state index in [0.29, 0.717) is 22.9 Å². The minimum Gasteiger partial charge on any atom is -0.459 e. The third-order valence-corrected chi connectivity index (χ3v) is 8.92. The van der Waals surface area contributed by atoms with Crippen LogP contribution < -0.4 is 4.90 Å². The standard InChI is InChI=1S/C30H43N3O4/c1-23-9-10-27(31-20-23)33(28(34)26-8-7-19-35-26)25-11-16-32(17-12-25)18-15-30(13-5-4-6-14-30)24-21-36-29(2,3)37-22-24/h7-10,19-20,24-25H,4-6,11-18,21-22H2,1-3H3. The number of aryl methyl sites for hydroxylation is 1. The van der Waals surface area contributed by atoms with Crippen LogP contribution in [0.3, 0.4) is 0 Å². The van der Waals surface area contributed by atoms with Gasteiger partial charge < -0.3 is 18.8 Å². The molecule has 5 rings (SSSR count). The van der Waals surface area contributed by atoms with Crippen LogP contribution in [0.1, 0.15) is 81.3 Å². The van der Waals surface area contributed by atoms with Crippen molar-refractivity contribution in [1.82, 2.24) is 9.88 Å². The van der Waals surface area contributed by atoms with Crippen molar-refractivity contribution in [2.24, 2.45) is 11.3 Å². The van der Waals surface area contributed by atoms with Gasteiger partial charge in [-0.25, -0.2) is 4.98 Å². The number of hydrogen-bond donors (Lipinski definition) is 0. The zero-order valence-corrected chi connectivity index (χ0v) is 22.8. The largest absolute Gasteiger partial charge is 0.459 e. The molecule has 7 heteroatoms. The minimum atomic E-state index is -0.459. The quantitative estimate of drug-likeness (QED) is 0.468. The lowest BCUT2D eigenvalue weighted by atomic mass is 9.64. The number of pyridine rings is 1. The Balaban J connectivity index is 1.22. The van der Waals surface area contributed by atoms with Crippen LogP contribution in [0.2, 0.25) is 0 Å². The normalized spacial score (nSPS) is 23.1. The molecule has 0 radical (unpaired) electrons. The van der Waals surface area contributed by atoms with Gasteiger partial charge in [0.2, 0.25) is 0 Å². The highest BCUT2D eigenvalue weighted by Gasteiger charge is 2.44. The number of aromatic nitrogens is 1. The number of rotatable bonds is 7. The lowest BCUT2D eigenvalue weighted by Gasteiger charge is -2.49. The highest BCUT2D eigenvalue weighted by molar-refractivity contribution is 6.04. The Labute approximate surface area is 221 Å². The maximum atomic E-state index is 13.4. The fourth-order valence-electron chi connectivity index (χ4n) is 6.52. The number of piperidine rings is 1. The highest BCUT2D eigenvalue weighted by Crippen LogP contribution is 2.47. The van der Waals surface area contributed by atoms with Gasteiger partial charge in [0.1, 0.15) is 5.82 Å². The maximum Gasteiger partial charge on any atom is 0.295 e. The molecule has 4 heterocycles. The first kappa shape index (κ1) is 26.4. The number of carbonyl (C=O) groups excluding carboxylic acids is 1. The monoisotopic (exact) mass is 509 g/mol. The molecule has 0 spiro atoms. The highest BCUT2D eigenvalue weighted by atomic mass is 16.7. The van der Waals surface area contributed by atoms with Crippen LogP contribution >= 0.6 is 0 Å². The topological polar surface area (TPSA) is 68.0 Å². The predicted molar refractivity (Wildman–Crippen MR) is 144 cm³/mol. The number of ether oxygens (including phenoxy) is 2. The van der Waals surface area contributed by atoms with E-state index in [9.17, 15) is 4.79 Å². The van der Waals surface area contributed by atoms with E-state index >= 15 is 0 Å². The third-order valence-electron chi connectivity index (χ3n) is 8.92. The van der Waals surface area contributed by atoms with Crippen molar-refractivity contribution >= 4 is 11.7 Å². The second kappa shape index (κ2) is 11.3. The average molecular weight is 510 g/mol. The molecule has 3 fully saturated rings. The lowest BCUT2D eigenvalue weighted by Crippen LogP contribution is -2.50.